The first-order valence-corrected chi connectivity index (χ1v) is 15.7. The average molecular weight is 649 g/mol. The van der Waals surface area contributed by atoms with Crippen LogP contribution in [0, 0.1) is 5.41 Å². The third kappa shape index (κ3) is 8.44. The second-order valence-electron chi connectivity index (χ2n) is 10.2. The van der Waals surface area contributed by atoms with E-state index < -0.39 is 31.4 Å². The molecule has 12 heteroatoms. The Balaban J connectivity index is 0.00000461. The first-order valence-electron chi connectivity index (χ1n) is 14.1. The lowest BCUT2D eigenvalue weighted by molar-refractivity contribution is -0.125. The SMILES string of the molecule is Cl.N=C(N)c1ccc(C(NC(=O)[C@@H]2CCCN2C(=O)OCc2ccccc2)P(=O)(Oc2ccccc2)Oc2ccccc2)cc1. The Morgan fingerprint density at radius 3 is 1.93 bits per heavy atom. The highest BCUT2D eigenvalue weighted by atomic mass is 35.5. The van der Waals surface area contributed by atoms with E-state index in [1.165, 1.54) is 4.90 Å². The monoisotopic (exact) mass is 648 g/mol. The van der Waals surface area contributed by atoms with Gasteiger partial charge in [0.05, 0.1) is 0 Å². The van der Waals surface area contributed by atoms with E-state index in [9.17, 15) is 14.2 Å². The predicted molar refractivity (Wildman–Crippen MR) is 174 cm³/mol. The van der Waals surface area contributed by atoms with Crippen molar-refractivity contribution in [2.45, 2.75) is 31.3 Å². The van der Waals surface area contributed by atoms with Gasteiger partial charge in [0.2, 0.25) is 5.91 Å². The summed E-state index contributed by atoms with van der Waals surface area (Å²) in [6.07, 6.45) is 0.374. The summed E-state index contributed by atoms with van der Waals surface area (Å²) in [5.74, 6) is -1.42. The number of rotatable bonds is 11. The number of hydrogen-bond acceptors (Lipinski definition) is 7. The highest BCUT2D eigenvalue weighted by Crippen LogP contribution is 2.59. The van der Waals surface area contributed by atoms with Crippen LogP contribution >= 0.6 is 20.0 Å². The molecule has 0 aliphatic carbocycles. The second-order valence-corrected chi connectivity index (χ2v) is 12.1. The molecule has 2 atom stereocenters. The van der Waals surface area contributed by atoms with Gasteiger partial charge in [0.25, 0.3) is 0 Å². The largest absolute Gasteiger partial charge is 0.457 e. The van der Waals surface area contributed by atoms with Gasteiger partial charge in [-0.2, -0.15) is 0 Å². The van der Waals surface area contributed by atoms with Crippen LogP contribution in [0.2, 0.25) is 0 Å². The van der Waals surface area contributed by atoms with Crippen molar-refractivity contribution >= 4 is 37.8 Å². The number of carbonyl (C=O) groups excluding carboxylic acids is 2. The number of ether oxygens (including phenoxy) is 1. The lowest BCUT2D eigenvalue weighted by Crippen LogP contribution is -2.47. The molecule has 1 unspecified atom stereocenters. The summed E-state index contributed by atoms with van der Waals surface area (Å²) in [4.78, 5) is 28.3. The molecule has 234 valence electrons. The molecule has 10 nitrogen and oxygen atoms in total. The van der Waals surface area contributed by atoms with Gasteiger partial charge >= 0.3 is 13.7 Å². The summed E-state index contributed by atoms with van der Waals surface area (Å²) in [5.41, 5.74) is 7.33. The zero-order valence-electron chi connectivity index (χ0n) is 24.3. The second kappa shape index (κ2) is 15.3. The van der Waals surface area contributed by atoms with E-state index in [-0.39, 0.29) is 36.3 Å². The van der Waals surface area contributed by atoms with Crippen molar-refractivity contribution in [3.8, 4) is 11.5 Å². The number of halogens is 1. The molecule has 0 bridgehead atoms. The summed E-state index contributed by atoms with van der Waals surface area (Å²) >= 11 is 0. The minimum absolute atomic E-state index is 0. The highest BCUT2D eigenvalue weighted by molar-refractivity contribution is 7.55. The first-order chi connectivity index (χ1) is 21.3. The molecule has 45 heavy (non-hydrogen) atoms. The Bertz CT molecular complexity index is 1580. The molecule has 1 fully saturated rings. The van der Waals surface area contributed by atoms with E-state index in [4.69, 9.17) is 24.9 Å². The Hall–Kier alpha value is -4.79. The van der Waals surface area contributed by atoms with Crippen LogP contribution in [0.4, 0.5) is 4.79 Å². The zero-order chi connectivity index (χ0) is 30.9. The minimum Gasteiger partial charge on any atom is -0.445 e. The van der Waals surface area contributed by atoms with Crippen molar-refractivity contribution in [1.29, 1.82) is 5.41 Å². The number of nitrogen functional groups attached to an aromatic ring is 1. The maximum Gasteiger partial charge on any atom is 0.457 e. The van der Waals surface area contributed by atoms with Crippen molar-refractivity contribution < 1.29 is 27.9 Å². The summed E-state index contributed by atoms with van der Waals surface area (Å²) in [5, 5.41) is 10.6. The number of nitrogens with two attached hydrogens (primary N) is 1. The van der Waals surface area contributed by atoms with Crippen molar-refractivity contribution in [3.63, 3.8) is 0 Å². The molecule has 0 radical (unpaired) electrons. The number of nitrogens with zero attached hydrogens (tertiary/aromatic N) is 1. The number of benzene rings is 4. The van der Waals surface area contributed by atoms with Gasteiger partial charge < -0.3 is 24.8 Å². The maximum absolute atomic E-state index is 14.9. The maximum atomic E-state index is 14.9. The number of nitrogens with one attached hydrogen (secondary N) is 2. The van der Waals surface area contributed by atoms with Gasteiger partial charge in [-0.25, -0.2) is 9.36 Å². The molecule has 1 heterocycles. The van der Waals surface area contributed by atoms with E-state index in [1.54, 1.807) is 84.9 Å². The van der Waals surface area contributed by atoms with Crippen LogP contribution in [0.1, 0.15) is 35.3 Å². The van der Waals surface area contributed by atoms with Crippen molar-refractivity contribution in [2.75, 3.05) is 6.54 Å². The number of hydrogen-bond donors (Lipinski definition) is 3. The van der Waals surface area contributed by atoms with Crippen LogP contribution in [0.3, 0.4) is 0 Å². The molecule has 1 aliphatic rings. The van der Waals surface area contributed by atoms with Gasteiger partial charge in [-0.3, -0.25) is 15.1 Å². The number of amidine groups is 1. The topological polar surface area (TPSA) is 144 Å². The van der Waals surface area contributed by atoms with E-state index in [1.807, 2.05) is 30.3 Å². The lowest BCUT2D eigenvalue weighted by atomic mass is 10.1. The smallest absolute Gasteiger partial charge is 0.445 e. The third-order valence-corrected chi connectivity index (χ3v) is 9.07. The van der Waals surface area contributed by atoms with Gasteiger partial charge in [-0.15, -0.1) is 12.4 Å². The number of para-hydroxylation sites is 2. The van der Waals surface area contributed by atoms with Crippen molar-refractivity contribution in [2.24, 2.45) is 5.73 Å². The van der Waals surface area contributed by atoms with Crippen LogP contribution in [0.5, 0.6) is 11.5 Å². The van der Waals surface area contributed by atoms with Gasteiger partial charge in [-0.05, 0) is 48.2 Å². The summed E-state index contributed by atoms with van der Waals surface area (Å²) in [6.45, 7) is 0.406. The average Bonchev–Trinajstić information content (AvgIpc) is 3.54. The molecule has 1 saturated heterocycles. The first kappa shape index (κ1) is 33.1. The van der Waals surface area contributed by atoms with E-state index in [0.29, 0.717) is 30.5 Å². The molecule has 4 aromatic rings. The van der Waals surface area contributed by atoms with Crippen LogP contribution in [-0.4, -0.2) is 35.3 Å². The highest BCUT2D eigenvalue weighted by Gasteiger charge is 2.45. The fraction of sp³-hybridized carbons (Fsp3) is 0.182. The fourth-order valence-corrected chi connectivity index (χ4v) is 6.76. The normalized spacial score (nSPS) is 14.8. The van der Waals surface area contributed by atoms with Crippen LogP contribution in [-0.2, 0) is 20.7 Å². The standard InChI is InChI=1S/C33H33N4O6P.ClH/c34-30(35)25-18-20-26(21-19-25)32(44(40,42-27-13-6-2-7-14-27)43-28-15-8-3-9-16-28)36-31(38)29-17-10-22-37(29)33(39)41-23-24-11-4-1-5-12-24;/h1-9,11-16,18-21,29,32H,10,17,22-23H2,(H3,34,35)(H,36,38);1H/t29-,32?;/m0./s1. The quantitative estimate of drug-likeness (QED) is 0.0937. The number of likely N-dealkylation sites (tertiary alicyclic amines) is 1. The summed E-state index contributed by atoms with van der Waals surface area (Å²) in [6, 6.07) is 31.9. The van der Waals surface area contributed by atoms with E-state index in [2.05, 4.69) is 5.32 Å². The molecule has 0 saturated carbocycles. The Kier molecular flexibility index (Phi) is 11.2. The lowest BCUT2D eigenvalue weighted by Gasteiger charge is -2.30. The zero-order valence-corrected chi connectivity index (χ0v) is 26.0. The van der Waals surface area contributed by atoms with Gasteiger partial charge in [-0.1, -0.05) is 91.0 Å². The Morgan fingerprint density at radius 2 is 1.40 bits per heavy atom. The number of amides is 2. The molecule has 0 spiro atoms. The molecule has 0 aromatic heterocycles. The third-order valence-electron chi connectivity index (χ3n) is 7.08. The van der Waals surface area contributed by atoms with Gasteiger partial charge in [0.15, 0.2) is 5.78 Å². The number of carbonyl (C=O) groups is 2. The molecular weight excluding hydrogens is 615 g/mol. The Labute approximate surface area is 267 Å². The molecule has 5 rings (SSSR count). The molecular formula is C33H34ClN4O6P. The van der Waals surface area contributed by atoms with E-state index >= 15 is 0 Å². The van der Waals surface area contributed by atoms with Crippen LogP contribution < -0.4 is 20.1 Å². The van der Waals surface area contributed by atoms with E-state index in [0.717, 1.165) is 5.56 Å². The minimum atomic E-state index is -4.28. The molecule has 2 amide bonds. The molecule has 4 N–H and O–H groups in total. The van der Waals surface area contributed by atoms with Crippen LogP contribution in [0.25, 0.3) is 0 Å². The Morgan fingerprint density at radius 1 is 0.867 bits per heavy atom. The van der Waals surface area contributed by atoms with Crippen LogP contribution in [0.15, 0.2) is 115 Å². The van der Waals surface area contributed by atoms with Crippen molar-refractivity contribution in [3.05, 3.63) is 132 Å². The molecule has 1 aliphatic heterocycles. The molecule has 4 aromatic carbocycles. The predicted octanol–water partition coefficient (Wildman–Crippen LogP) is 6.66. The summed E-state index contributed by atoms with van der Waals surface area (Å²) in [7, 11) is -4.28. The van der Waals surface area contributed by atoms with Crippen molar-refractivity contribution in [1.82, 2.24) is 10.2 Å². The van der Waals surface area contributed by atoms with Gasteiger partial charge in [0, 0.05) is 12.1 Å². The fourth-order valence-electron chi connectivity index (χ4n) is 4.86. The summed E-state index contributed by atoms with van der Waals surface area (Å²) < 4.78 is 32.5. The van der Waals surface area contributed by atoms with Gasteiger partial charge in [0.1, 0.15) is 30.0 Å².